The molecule has 0 aliphatic carbocycles. The lowest BCUT2D eigenvalue weighted by Gasteiger charge is -2.31. The Hall–Kier alpha value is -3.37. The number of aliphatic hydroxyl groups is 1. The summed E-state index contributed by atoms with van der Waals surface area (Å²) in [6.45, 7) is 6.09. The fraction of sp³-hybridized carbons (Fsp3) is 0.423. The van der Waals surface area contributed by atoms with E-state index >= 15 is 0 Å². The van der Waals surface area contributed by atoms with Gasteiger partial charge in [-0.2, -0.15) is 4.39 Å². The molecule has 2 aromatic heterocycles. The molecule has 8 nitrogen and oxygen atoms in total. The highest BCUT2D eigenvalue weighted by molar-refractivity contribution is 5.93. The van der Waals surface area contributed by atoms with Gasteiger partial charge in [-0.15, -0.1) is 0 Å². The predicted octanol–water partition coefficient (Wildman–Crippen LogP) is 2.91. The van der Waals surface area contributed by atoms with Crippen LogP contribution in [0.25, 0.3) is 22.3 Å². The van der Waals surface area contributed by atoms with E-state index in [4.69, 9.17) is 9.47 Å². The number of hydrogen-bond acceptors (Lipinski definition) is 7. The number of benzene rings is 1. The summed E-state index contributed by atoms with van der Waals surface area (Å²) in [4.78, 5) is 30.5. The molecule has 5 rings (SSSR count). The van der Waals surface area contributed by atoms with Crippen LogP contribution in [-0.2, 0) is 34.7 Å². The molecular weight excluding hydrogens is 472 g/mol. The average molecular weight is 500 g/mol. The molecule has 0 spiro atoms. The summed E-state index contributed by atoms with van der Waals surface area (Å²) < 4.78 is 41.1. The first-order valence-electron chi connectivity index (χ1n) is 11.9. The SMILES string of the molecule is CC[C@@]1(O)C(=O)OCc2c1cc1n(c2=O)Cc2c-1nc1cc(F)c(F)c(OC)c1c2CCNC(C)C. The van der Waals surface area contributed by atoms with Crippen molar-refractivity contribution in [1.82, 2.24) is 14.9 Å². The third-order valence-corrected chi connectivity index (χ3v) is 7.07. The summed E-state index contributed by atoms with van der Waals surface area (Å²) in [5.41, 5.74) is 0.432. The molecule has 1 atom stereocenters. The minimum absolute atomic E-state index is 0.0214. The van der Waals surface area contributed by atoms with Crippen molar-refractivity contribution in [1.29, 1.82) is 0 Å². The number of nitrogens with one attached hydrogen (secondary N) is 1. The summed E-state index contributed by atoms with van der Waals surface area (Å²) in [5, 5.41) is 14.8. The minimum atomic E-state index is -1.95. The molecule has 0 saturated carbocycles. The molecule has 10 heteroatoms. The van der Waals surface area contributed by atoms with Gasteiger partial charge < -0.3 is 24.5 Å². The average Bonchev–Trinajstić information content (AvgIpc) is 3.21. The van der Waals surface area contributed by atoms with Crippen LogP contribution in [0.2, 0.25) is 0 Å². The highest BCUT2D eigenvalue weighted by Gasteiger charge is 2.45. The number of fused-ring (bicyclic) bond motifs is 5. The maximum absolute atomic E-state index is 14.7. The second kappa shape index (κ2) is 8.63. The van der Waals surface area contributed by atoms with Crippen LogP contribution in [0, 0.1) is 11.6 Å². The largest absolute Gasteiger partial charge is 0.493 e. The van der Waals surface area contributed by atoms with Crippen molar-refractivity contribution in [2.75, 3.05) is 13.7 Å². The van der Waals surface area contributed by atoms with Gasteiger partial charge in [-0.3, -0.25) is 4.79 Å². The van der Waals surface area contributed by atoms with Crippen molar-refractivity contribution in [3.63, 3.8) is 0 Å². The fourth-order valence-electron chi connectivity index (χ4n) is 5.20. The first-order chi connectivity index (χ1) is 17.1. The lowest BCUT2D eigenvalue weighted by Crippen LogP contribution is -2.44. The van der Waals surface area contributed by atoms with Gasteiger partial charge in [-0.1, -0.05) is 20.8 Å². The Morgan fingerprint density at radius 1 is 1.28 bits per heavy atom. The van der Waals surface area contributed by atoms with Gasteiger partial charge in [0.25, 0.3) is 5.56 Å². The number of cyclic esters (lactones) is 1. The van der Waals surface area contributed by atoms with Crippen LogP contribution >= 0.6 is 0 Å². The first-order valence-corrected chi connectivity index (χ1v) is 11.9. The summed E-state index contributed by atoms with van der Waals surface area (Å²) in [6.07, 6.45) is 0.470. The third kappa shape index (κ3) is 3.42. The molecule has 2 N–H and O–H groups in total. The summed E-state index contributed by atoms with van der Waals surface area (Å²) in [7, 11) is 1.27. The van der Waals surface area contributed by atoms with Gasteiger partial charge in [0.1, 0.15) is 6.61 Å². The molecule has 3 aromatic rings. The highest BCUT2D eigenvalue weighted by atomic mass is 19.2. The Morgan fingerprint density at radius 2 is 2.03 bits per heavy atom. The first kappa shape index (κ1) is 24.3. The van der Waals surface area contributed by atoms with Crippen molar-refractivity contribution in [3.05, 3.63) is 56.4 Å². The van der Waals surface area contributed by atoms with E-state index in [-0.39, 0.29) is 48.0 Å². The smallest absolute Gasteiger partial charge is 0.343 e. The van der Waals surface area contributed by atoms with E-state index < -0.39 is 28.8 Å². The van der Waals surface area contributed by atoms with Crippen LogP contribution in [0.5, 0.6) is 5.75 Å². The normalized spacial score (nSPS) is 18.3. The van der Waals surface area contributed by atoms with Crippen molar-refractivity contribution in [2.45, 2.75) is 58.4 Å². The van der Waals surface area contributed by atoms with Gasteiger partial charge in [0.15, 0.2) is 17.2 Å². The molecule has 0 radical (unpaired) electrons. The van der Waals surface area contributed by atoms with Crippen LogP contribution in [0.3, 0.4) is 0 Å². The summed E-state index contributed by atoms with van der Waals surface area (Å²) in [6, 6.07) is 2.82. The summed E-state index contributed by atoms with van der Waals surface area (Å²) >= 11 is 0. The topological polar surface area (TPSA) is 103 Å². The maximum Gasteiger partial charge on any atom is 0.343 e. The Labute approximate surface area is 205 Å². The van der Waals surface area contributed by atoms with E-state index in [1.807, 2.05) is 13.8 Å². The number of aromatic nitrogens is 2. The molecule has 36 heavy (non-hydrogen) atoms. The monoisotopic (exact) mass is 499 g/mol. The zero-order valence-corrected chi connectivity index (χ0v) is 20.5. The van der Waals surface area contributed by atoms with Crippen molar-refractivity contribution in [3.8, 4) is 17.1 Å². The highest BCUT2D eigenvalue weighted by Crippen LogP contribution is 2.42. The van der Waals surface area contributed by atoms with Crippen LogP contribution in [0.1, 0.15) is 49.4 Å². The number of rotatable bonds is 6. The van der Waals surface area contributed by atoms with E-state index in [1.54, 1.807) is 13.0 Å². The molecule has 0 unspecified atom stereocenters. The molecule has 0 bridgehead atoms. The standard InChI is InChI=1S/C26H27F2N3O5/c1-5-26(34)16-8-19-22-14(10-31(19)24(32)15(16)11-36-25(26)33)13(6-7-29-12(2)3)20-18(30-22)9-17(27)21(28)23(20)35-4/h8-9,12,29,34H,5-7,10-11H2,1-4H3/t26-/m0/s1. The molecule has 0 fully saturated rings. The van der Waals surface area contributed by atoms with Gasteiger partial charge in [-0.05, 0) is 31.0 Å². The van der Waals surface area contributed by atoms with Crippen LogP contribution < -0.4 is 15.6 Å². The van der Waals surface area contributed by atoms with E-state index in [2.05, 4.69) is 10.3 Å². The van der Waals surface area contributed by atoms with E-state index in [1.165, 1.54) is 11.7 Å². The molecule has 1 aromatic carbocycles. The Kier molecular flexibility index (Phi) is 5.83. The zero-order valence-electron chi connectivity index (χ0n) is 20.5. The fourth-order valence-corrected chi connectivity index (χ4v) is 5.20. The molecule has 2 aliphatic rings. The number of halogens is 2. The minimum Gasteiger partial charge on any atom is -0.493 e. The van der Waals surface area contributed by atoms with Crippen LogP contribution in [-0.4, -0.2) is 40.3 Å². The van der Waals surface area contributed by atoms with Gasteiger partial charge in [0, 0.05) is 28.6 Å². The molecule has 0 saturated heterocycles. The van der Waals surface area contributed by atoms with Gasteiger partial charge in [-0.25, -0.2) is 14.2 Å². The van der Waals surface area contributed by atoms with E-state index in [0.29, 0.717) is 40.9 Å². The van der Waals surface area contributed by atoms with Crippen molar-refractivity contribution < 1.29 is 28.2 Å². The van der Waals surface area contributed by atoms with Crippen LogP contribution in [0.15, 0.2) is 16.9 Å². The zero-order chi connectivity index (χ0) is 25.9. The molecule has 0 amide bonds. The van der Waals surface area contributed by atoms with Gasteiger partial charge in [0.2, 0.25) is 5.82 Å². The number of ether oxygens (including phenoxy) is 2. The molecule has 2 aliphatic heterocycles. The van der Waals surface area contributed by atoms with Crippen molar-refractivity contribution >= 4 is 16.9 Å². The van der Waals surface area contributed by atoms with E-state index in [9.17, 15) is 23.5 Å². The number of carbonyl (C=O) groups is 1. The van der Waals surface area contributed by atoms with Gasteiger partial charge >= 0.3 is 5.97 Å². The Balaban J connectivity index is 1.80. The quantitative estimate of drug-likeness (QED) is 0.393. The second-order valence-corrected chi connectivity index (χ2v) is 9.48. The lowest BCUT2D eigenvalue weighted by atomic mass is 9.86. The number of carbonyl (C=O) groups excluding carboxylic acids is 1. The number of esters is 1. The van der Waals surface area contributed by atoms with E-state index in [0.717, 1.165) is 6.07 Å². The number of nitrogens with zero attached hydrogens (tertiary/aromatic N) is 2. The van der Waals surface area contributed by atoms with Crippen molar-refractivity contribution in [2.24, 2.45) is 0 Å². The number of pyridine rings is 2. The van der Waals surface area contributed by atoms with Gasteiger partial charge in [0.05, 0.1) is 36.1 Å². The van der Waals surface area contributed by atoms with Crippen LogP contribution in [0.4, 0.5) is 8.78 Å². The summed E-state index contributed by atoms with van der Waals surface area (Å²) in [5.74, 6) is -3.24. The lowest BCUT2D eigenvalue weighted by molar-refractivity contribution is -0.172. The molecular formula is C26H27F2N3O5. The third-order valence-electron chi connectivity index (χ3n) is 7.07. The maximum atomic E-state index is 14.7. The number of hydrogen-bond donors (Lipinski definition) is 2. The second-order valence-electron chi connectivity index (χ2n) is 9.48. The Morgan fingerprint density at radius 3 is 2.69 bits per heavy atom. The molecule has 190 valence electrons. The number of methoxy groups -OCH3 is 1. The molecule has 4 heterocycles. The Bertz CT molecular complexity index is 1480. The predicted molar refractivity (Wildman–Crippen MR) is 128 cm³/mol.